The zero-order valence-corrected chi connectivity index (χ0v) is 14.3. The van der Waals surface area contributed by atoms with E-state index in [1.165, 1.54) is 0 Å². The van der Waals surface area contributed by atoms with E-state index in [4.69, 9.17) is 14.2 Å². The molecule has 1 amide bonds. The number of nitrogens with one attached hydrogen (secondary N) is 2. The molecule has 0 aliphatic carbocycles. The Morgan fingerprint density at radius 2 is 1.83 bits per heavy atom. The number of carbonyl (C=O) groups is 1. The van der Waals surface area contributed by atoms with Crippen LogP contribution in [0.25, 0.3) is 0 Å². The molecule has 1 aromatic rings. The average Bonchev–Trinajstić information content (AvgIpc) is 2.61. The van der Waals surface area contributed by atoms with Crippen LogP contribution in [0.2, 0.25) is 0 Å². The molecule has 0 saturated carbocycles. The molecule has 0 bridgehead atoms. The smallest absolute Gasteiger partial charge is 0.252 e. The van der Waals surface area contributed by atoms with Gasteiger partial charge in [-0.2, -0.15) is 0 Å². The molecule has 23 heavy (non-hydrogen) atoms. The summed E-state index contributed by atoms with van der Waals surface area (Å²) >= 11 is 0. The Balaban J connectivity index is 2.11. The number of ether oxygens (including phenoxy) is 3. The highest BCUT2D eigenvalue weighted by Crippen LogP contribution is 2.30. The van der Waals surface area contributed by atoms with E-state index in [0.29, 0.717) is 24.3 Å². The van der Waals surface area contributed by atoms with E-state index >= 15 is 0 Å². The summed E-state index contributed by atoms with van der Waals surface area (Å²) in [6.07, 6.45) is 1.35. The third kappa shape index (κ3) is 3.76. The van der Waals surface area contributed by atoms with E-state index < -0.39 is 5.60 Å². The Morgan fingerprint density at radius 1 is 1.17 bits per heavy atom. The number of hydrogen-bond acceptors (Lipinski definition) is 5. The molecule has 1 heterocycles. The van der Waals surface area contributed by atoms with Gasteiger partial charge in [0, 0.05) is 7.11 Å². The molecular formula is C17H26N2O4. The number of methoxy groups -OCH3 is 3. The van der Waals surface area contributed by atoms with Gasteiger partial charge in [0.2, 0.25) is 0 Å². The van der Waals surface area contributed by atoms with Crippen LogP contribution < -0.4 is 20.1 Å². The van der Waals surface area contributed by atoms with Crippen molar-refractivity contribution in [2.45, 2.75) is 31.4 Å². The van der Waals surface area contributed by atoms with E-state index in [1.54, 1.807) is 21.3 Å². The molecule has 2 rings (SSSR count). The van der Waals surface area contributed by atoms with Gasteiger partial charge >= 0.3 is 0 Å². The van der Waals surface area contributed by atoms with E-state index in [9.17, 15) is 4.79 Å². The normalized spacial score (nSPS) is 18.1. The minimum atomic E-state index is -0.740. The molecule has 128 valence electrons. The van der Waals surface area contributed by atoms with Crippen molar-refractivity contribution in [2.24, 2.45) is 0 Å². The maximum Gasteiger partial charge on any atom is 0.252 e. The summed E-state index contributed by atoms with van der Waals surface area (Å²) in [5.41, 5.74) is 0.215. The summed E-state index contributed by atoms with van der Waals surface area (Å²) in [5, 5.41) is 6.31. The summed E-state index contributed by atoms with van der Waals surface area (Å²) in [6.45, 7) is 3.52. The summed E-state index contributed by atoms with van der Waals surface area (Å²) in [6, 6.07) is 5.50. The lowest BCUT2D eigenvalue weighted by molar-refractivity contribution is -0.147. The highest BCUT2D eigenvalue weighted by molar-refractivity contribution is 5.85. The van der Waals surface area contributed by atoms with Gasteiger partial charge in [0.1, 0.15) is 5.60 Å². The van der Waals surface area contributed by atoms with Gasteiger partial charge in [0.05, 0.1) is 20.3 Å². The number of benzene rings is 1. The Bertz CT molecular complexity index is 541. The van der Waals surface area contributed by atoms with Crippen molar-refractivity contribution in [3.8, 4) is 11.5 Å². The topological polar surface area (TPSA) is 68.8 Å². The second-order valence-corrected chi connectivity index (χ2v) is 5.76. The molecule has 6 nitrogen and oxygen atoms in total. The largest absolute Gasteiger partial charge is 0.493 e. The number of rotatable bonds is 6. The van der Waals surface area contributed by atoms with Crippen molar-refractivity contribution in [1.29, 1.82) is 0 Å². The fourth-order valence-electron chi connectivity index (χ4n) is 2.89. The van der Waals surface area contributed by atoms with E-state index in [0.717, 1.165) is 18.7 Å². The molecule has 1 saturated heterocycles. The van der Waals surface area contributed by atoms with Gasteiger partial charge in [0.25, 0.3) is 5.91 Å². The van der Waals surface area contributed by atoms with Crippen molar-refractivity contribution >= 4 is 5.91 Å². The molecule has 1 aliphatic rings. The summed E-state index contributed by atoms with van der Waals surface area (Å²) in [5.74, 6) is 1.25. The molecule has 1 fully saturated rings. The van der Waals surface area contributed by atoms with Crippen LogP contribution in [0.15, 0.2) is 18.2 Å². The maximum absolute atomic E-state index is 12.7. The second kappa shape index (κ2) is 7.66. The second-order valence-electron chi connectivity index (χ2n) is 5.76. The molecule has 2 N–H and O–H groups in total. The van der Waals surface area contributed by atoms with Crippen LogP contribution in [0.4, 0.5) is 0 Å². The van der Waals surface area contributed by atoms with Crippen LogP contribution in [0, 0.1) is 0 Å². The summed E-state index contributed by atoms with van der Waals surface area (Å²) in [7, 11) is 4.80. The van der Waals surface area contributed by atoms with Crippen LogP contribution in [0.3, 0.4) is 0 Å². The predicted octanol–water partition coefficient (Wildman–Crippen LogP) is 1.65. The first-order chi connectivity index (χ1) is 11.1. The molecule has 1 unspecified atom stereocenters. The standard InChI is InChI=1S/C17H26N2O4/c1-12(13-5-6-14(21-2)15(11-13)22-3)19-16(20)17(23-4)7-9-18-10-8-17/h5-6,11-12,18H,7-10H2,1-4H3,(H,19,20). The van der Waals surface area contributed by atoms with E-state index in [2.05, 4.69) is 10.6 Å². The zero-order valence-electron chi connectivity index (χ0n) is 14.3. The lowest BCUT2D eigenvalue weighted by Gasteiger charge is -2.35. The lowest BCUT2D eigenvalue weighted by Crippen LogP contribution is -2.54. The summed E-state index contributed by atoms with van der Waals surface area (Å²) in [4.78, 5) is 12.7. The molecule has 0 radical (unpaired) electrons. The van der Waals surface area contributed by atoms with Gasteiger partial charge < -0.3 is 24.8 Å². The van der Waals surface area contributed by atoms with Crippen molar-refractivity contribution in [3.63, 3.8) is 0 Å². The predicted molar refractivity (Wildman–Crippen MR) is 87.9 cm³/mol. The number of hydrogen-bond donors (Lipinski definition) is 2. The molecule has 1 atom stereocenters. The molecular weight excluding hydrogens is 296 g/mol. The van der Waals surface area contributed by atoms with Crippen LogP contribution >= 0.6 is 0 Å². The van der Waals surface area contributed by atoms with Gasteiger partial charge in [-0.25, -0.2) is 0 Å². The molecule has 0 spiro atoms. The Labute approximate surface area is 137 Å². The third-order valence-corrected chi connectivity index (χ3v) is 4.47. The Morgan fingerprint density at radius 3 is 2.39 bits per heavy atom. The fraction of sp³-hybridized carbons (Fsp3) is 0.588. The van der Waals surface area contributed by atoms with E-state index in [-0.39, 0.29) is 11.9 Å². The third-order valence-electron chi connectivity index (χ3n) is 4.47. The van der Waals surface area contributed by atoms with Crippen molar-refractivity contribution in [1.82, 2.24) is 10.6 Å². The number of amides is 1. The van der Waals surface area contributed by atoms with Gasteiger partial charge in [-0.15, -0.1) is 0 Å². The average molecular weight is 322 g/mol. The minimum Gasteiger partial charge on any atom is -0.493 e. The zero-order chi connectivity index (χ0) is 16.9. The Hall–Kier alpha value is -1.79. The van der Waals surface area contributed by atoms with Crippen molar-refractivity contribution in [2.75, 3.05) is 34.4 Å². The van der Waals surface area contributed by atoms with Gasteiger partial charge in [0.15, 0.2) is 11.5 Å². The first kappa shape index (κ1) is 17.6. The van der Waals surface area contributed by atoms with Crippen LogP contribution in [0.1, 0.15) is 31.4 Å². The maximum atomic E-state index is 12.7. The number of carbonyl (C=O) groups excluding carboxylic acids is 1. The quantitative estimate of drug-likeness (QED) is 0.833. The summed E-state index contributed by atoms with van der Waals surface area (Å²) < 4.78 is 16.1. The molecule has 6 heteroatoms. The van der Waals surface area contributed by atoms with Gasteiger partial charge in [-0.3, -0.25) is 4.79 Å². The number of piperidine rings is 1. The van der Waals surface area contributed by atoms with Gasteiger partial charge in [-0.1, -0.05) is 6.07 Å². The van der Waals surface area contributed by atoms with Crippen LogP contribution in [0.5, 0.6) is 11.5 Å². The fourth-order valence-corrected chi connectivity index (χ4v) is 2.89. The monoisotopic (exact) mass is 322 g/mol. The molecule has 1 aromatic carbocycles. The van der Waals surface area contributed by atoms with E-state index in [1.807, 2.05) is 25.1 Å². The minimum absolute atomic E-state index is 0.0659. The molecule has 0 aromatic heterocycles. The first-order valence-corrected chi connectivity index (χ1v) is 7.85. The van der Waals surface area contributed by atoms with Crippen molar-refractivity contribution < 1.29 is 19.0 Å². The Kier molecular flexibility index (Phi) is 5.85. The molecule has 1 aliphatic heterocycles. The highest BCUT2D eigenvalue weighted by atomic mass is 16.5. The van der Waals surface area contributed by atoms with Gasteiger partial charge in [-0.05, 0) is 50.6 Å². The SMILES string of the molecule is COc1ccc(C(C)NC(=O)C2(OC)CCNCC2)cc1OC. The van der Waals surface area contributed by atoms with Crippen LogP contribution in [-0.4, -0.2) is 45.9 Å². The first-order valence-electron chi connectivity index (χ1n) is 7.85. The van der Waals surface area contributed by atoms with Crippen molar-refractivity contribution in [3.05, 3.63) is 23.8 Å². The highest BCUT2D eigenvalue weighted by Gasteiger charge is 2.40. The lowest BCUT2D eigenvalue weighted by atomic mass is 9.90. The van der Waals surface area contributed by atoms with Crippen LogP contribution in [-0.2, 0) is 9.53 Å².